The lowest BCUT2D eigenvalue weighted by molar-refractivity contribution is 0.403. The molecule has 0 amide bonds. The first-order valence-corrected chi connectivity index (χ1v) is 8.26. The molecule has 0 aliphatic rings. The molecule has 0 saturated carbocycles. The molecule has 2 aromatic carbocycles. The van der Waals surface area contributed by atoms with Gasteiger partial charge in [0.25, 0.3) is 10.0 Å². The van der Waals surface area contributed by atoms with Crippen LogP contribution in [0.1, 0.15) is 0 Å². The predicted molar refractivity (Wildman–Crippen MR) is 85.3 cm³/mol. The summed E-state index contributed by atoms with van der Waals surface area (Å²) in [4.78, 5) is -0.0801. The SMILES string of the molecule is COc1ccc(Cl)cc1S(=O)(=O)Nc1ccc(Cl)cc1Cl. The second kappa shape index (κ2) is 6.32. The molecule has 0 radical (unpaired) electrons. The lowest BCUT2D eigenvalue weighted by atomic mass is 10.3. The number of sulfonamides is 1. The van der Waals surface area contributed by atoms with Crippen molar-refractivity contribution >= 4 is 50.5 Å². The molecule has 112 valence electrons. The van der Waals surface area contributed by atoms with Gasteiger partial charge in [-0.25, -0.2) is 8.42 Å². The number of hydrogen-bond acceptors (Lipinski definition) is 3. The number of methoxy groups -OCH3 is 1. The van der Waals surface area contributed by atoms with Crippen LogP contribution in [0, 0.1) is 0 Å². The normalized spacial score (nSPS) is 11.2. The minimum absolute atomic E-state index is 0.0801. The van der Waals surface area contributed by atoms with Crippen molar-refractivity contribution in [1.29, 1.82) is 0 Å². The fourth-order valence-electron chi connectivity index (χ4n) is 1.63. The third-order valence-electron chi connectivity index (χ3n) is 2.59. The van der Waals surface area contributed by atoms with Crippen molar-refractivity contribution in [3.63, 3.8) is 0 Å². The van der Waals surface area contributed by atoms with Crippen molar-refractivity contribution in [2.45, 2.75) is 4.90 Å². The zero-order valence-corrected chi connectivity index (χ0v) is 13.8. The summed E-state index contributed by atoms with van der Waals surface area (Å²) in [5.41, 5.74) is 0.211. The topological polar surface area (TPSA) is 55.4 Å². The highest BCUT2D eigenvalue weighted by Gasteiger charge is 2.21. The Bertz CT molecular complexity index is 778. The van der Waals surface area contributed by atoms with E-state index in [4.69, 9.17) is 39.5 Å². The Morgan fingerprint density at radius 2 is 1.62 bits per heavy atom. The van der Waals surface area contributed by atoms with E-state index in [1.807, 2.05) is 0 Å². The molecule has 4 nitrogen and oxygen atoms in total. The standard InChI is InChI=1S/C13H10Cl3NO3S/c1-20-12-5-3-9(15)7-13(12)21(18,19)17-11-4-2-8(14)6-10(11)16/h2-7,17H,1H3. The maximum absolute atomic E-state index is 12.4. The molecule has 0 spiro atoms. The van der Waals surface area contributed by atoms with Crippen molar-refractivity contribution < 1.29 is 13.2 Å². The van der Waals surface area contributed by atoms with E-state index < -0.39 is 10.0 Å². The molecular weight excluding hydrogens is 357 g/mol. The van der Waals surface area contributed by atoms with Crippen LogP contribution in [0.4, 0.5) is 5.69 Å². The van der Waals surface area contributed by atoms with Crippen LogP contribution in [0.5, 0.6) is 5.75 Å². The van der Waals surface area contributed by atoms with E-state index >= 15 is 0 Å². The number of ether oxygens (including phenoxy) is 1. The Morgan fingerprint density at radius 3 is 2.24 bits per heavy atom. The smallest absolute Gasteiger partial charge is 0.265 e. The van der Waals surface area contributed by atoms with Gasteiger partial charge in [-0.05, 0) is 36.4 Å². The van der Waals surface area contributed by atoms with Crippen LogP contribution < -0.4 is 9.46 Å². The van der Waals surface area contributed by atoms with Gasteiger partial charge < -0.3 is 4.74 Å². The molecule has 0 heterocycles. The number of anilines is 1. The first-order chi connectivity index (χ1) is 9.83. The van der Waals surface area contributed by atoms with Crippen LogP contribution in [0.15, 0.2) is 41.3 Å². The maximum atomic E-state index is 12.4. The maximum Gasteiger partial charge on any atom is 0.265 e. The fraction of sp³-hybridized carbons (Fsp3) is 0.0769. The molecule has 0 atom stereocenters. The van der Waals surface area contributed by atoms with Crippen molar-refractivity contribution in [2.24, 2.45) is 0 Å². The van der Waals surface area contributed by atoms with Gasteiger partial charge in [-0.1, -0.05) is 34.8 Å². The third-order valence-corrected chi connectivity index (χ3v) is 4.76. The van der Waals surface area contributed by atoms with Crippen LogP contribution >= 0.6 is 34.8 Å². The lowest BCUT2D eigenvalue weighted by Gasteiger charge is -2.13. The highest BCUT2D eigenvalue weighted by Crippen LogP contribution is 2.31. The van der Waals surface area contributed by atoms with E-state index in [0.29, 0.717) is 5.02 Å². The monoisotopic (exact) mass is 365 g/mol. The van der Waals surface area contributed by atoms with Crippen molar-refractivity contribution in [2.75, 3.05) is 11.8 Å². The average molecular weight is 367 g/mol. The summed E-state index contributed by atoms with van der Waals surface area (Å²) in [6.45, 7) is 0. The molecule has 1 N–H and O–H groups in total. The number of rotatable bonds is 4. The molecular formula is C13H10Cl3NO3S. The Labute approximate surface area is 137 Å². The third kappa shape index (κ3) is 3.74. The first kappa shape index (κ1) is 16.2. The van der Waals surface area contributed by atoms with E-state index in [-0.39, 0.29) is 26.4 Å². The lowest BCUT2D eigenvalue weighted by Crippen LogP contribution is -2.14. The van der Waals surface area contributed by atoms with E-state index in [9.17, 15) is 8.42 Å². The molecule has 0 fully saturated rings. The highest BCUT2D eigenvalue weighted by atomic mass is 35.5. The van der Waals surface area contributed by atoms with Crippen LogP contribution in [0.25, 0.3) is 0 Å². The van der Waals surface area contributed by atoms with Gasteiger partial charge in [-0.15, -0.1) is 0 Å². The van der Waals surface area contributed by atoms with Crippen molar-refractivity contribution in [1.82, 2.24) is 0 Å². The van der Waals surface area contributed by atoms with Crippen LogP contribution in [-0.2, 0) is 10.0 Å². The number of halogens is 3. The van der Waals surface area contributed by atoms with E-state index in [0.717, 1.165) is 0 Å². The summed E-state index contributed by atoms with van der Waals surface area (Å²) < 4.78 is 32.3. The molecule has 0 saturated heterocycles. The van der Waals surface area contributed by atoms with Gasteiger partial charge >= 0.3 is 0 Å². The Balaban J connectivity index is 2.45. The van der Waals surface area contributed by atoms with Gasteiger partial charge in [0.2, 0.25) is 0 Å². The molecule has 0 unspecified atom stereocenters. The van der Waals surface area contributed by atoms with Gasteiger partial charge in [0.05, 0.1) is 17.8 Å². The molecule has 0 aliphatic heterocycles. The number of nitrogens with one attached hydrogen (secondary N) is 1. The van der Waals surface area contributed by atoms with E-state index in [1.54, 1.807) is 0 Å². The van der Waals surface area contributed by atoms with Crippen LogP contribution in [0.3, 0.4) is 0 Å². The van der Waals surface area contributed by atoms with E-state index in [1.165, 1.54) is 43.5 Å². The van der Waals surface area contributed by atoms with Crippen molar-refractivity contribution in [3.05, 3.63) is 51.5 Å². The minimum atomic E-state index is -3.90. The number of benzene rings is 2. The van der Waals surface area contributed by atoms with Crippen molar-refractivity contribution in [3.8, 4) is 5.75 Å². The summed E-state index contributed by atoms with van der Waals surface area (Å²) in [5.74, 6) is 0.178. The Morgan fingerprint density at radius 1 is 1.00 bits per heavy atom. The fourth-order valence-corrected chi connectivity index (χ4v) is 3.66. The molecule has 2 rings (SSSR count). The molecule has 0 bridgehead atoms. The van der Waals surface area contributed by atoms with Gasteiger partial charge in [0.15, 0.2) is 0 Å². The van der Waals surface area contributed by atoms with E-state index in [2.05, 4.69) is 4.72 Å². The summed E-state index contributed by atoms with van der Waals surface area (Å²) in [5, 5.41) is 0.869. The van der Waals surface area contributed by atoms with Crippen LogP contribution in [-0.4, -0.2) is 15.5 Å². The summed E-state index contributed by atoms with van der Waals surface area (Å²) >= 11 is 17.6. The zero-order valence-electron chi connectivity index (χ0n) is 10.7. The molecule has 8 heteroatoms. The quantitative estimate of drug-likeness (QED) is 0.869. The summed E-state index contributed by atoms with van der Waals surface area (Å²) in [6, 6.07) is 8.75. The minimum Gasteiger partial charge on any atom is -0.495 e. The second-order valence-corrected chi connectivity index (χ2v) is 6.96. The molecule has 2 aromatic rings. The van der Waals surface area contributed by atoms with Crippen LogP contribution in [0.2, 0.25) is 15.1 Å². The number of hydrogen-bond donors (Lipinski definition) is 1. The average Bonchev–Trinajstić information content (AvgIpc) is 2.42. The molecule has 0 aliphatic carbocycles. The van der Waals surface area contributed by atoms with Gasteiger partial charge in [-0.2, -0.15) is 0 Å². The molecule has 21 heavy (non-hydrogen) atoms. The van der Waals surface area contributed by atoms with Gasteiger partial charge in [0.1, 0.15) is 10.6 Å². The second-order valence-electron chi connectivity index (χ2n) is 4.02. The van der Waals surface area contributed by atoms with Gasteiger partial charge in [-0.3, -0.25) is 4.72 Å². The first-order valence-electron chi connectivity index (χ1n) is 5.65. The Kier molecular flexibility index (Phi) is 4.88. The predicted octanol–water partition coefficient (Wildman–Crippen LogP) is 4.46. The highest BCUT2D eigenvalue weighted by molar-refractivity contribution is 7.92. The Hall–Kier alpha value is -1.14. The summed E-state index contributed by atoms with van der Waals surface area (Å²) in [7, 11) is -2.53. The summed E-state index contributed by atoms with van der Waals surface area (Å²) in [6.07, 6.45) is 0. The molecule has 0 aromatic heterocycles. The zero-order chi connectivity index (χ0) is 15.6. The largest absolute Gasteiger partial charge is 0.495 e. The van der Waals surface area contributed by atoms with Gasteiger partial charge in [0, 0.05) is 10.0 Å².